The standard InChI is InChI=1S/C44H78N6S2/c1-13-45-19-23-47(15-3)31-35-27-39(43(7,8)9)29-37(41(35)51)33-49(17-5)25-21-46(14-2)22-26-50(18-6)34-38-30-40(44(10,11)12)28-36(42(38)52)32-48(16-4)24-20-45/h27-30,51-52H,13-26,31-34H2,1-12H3. The zero-order valence-electron chi connectivity index (χ0n) is 35.6. The van der Waals surface area contributed by atoms with E-state index in [1.165, 1.54) is 43.2 Å². The minimum Gasteiger partial charge on any atom is -0.301 e. The van der Waals surface area contributed by atoms with Gasteiger partial charge in [-0.05, 0) is 83.5 Å². The second-order valence-electron chi connectivity index (χ2n) is 17.1. The summed E-state index contributed by atoms with van der Waals surface area (Å²) in [7, 11) is 0. The minimum atomic E-state index is 0.0817. The molecule has 0 aliphatic carbocycles. The Morgan fingerprint density at radius 1 is 0.385 bits per heavy atom. The van der Waals surface area contributed by atoms with E-state index in [1.807, 2.05) is 0 Å². The first-order valence-electron chi connectivity index (χ1n) is 20.6. The number of hydrogen-bond donors (Lipinski definition) is 2. The lowest BCUT2D eigenvalue weighted by Gasteiger charge is -2.32. The van der Waals surface area contributed by atoms with E-state index >= 15 is 0 Å². The van der Waals surface area contributed by atoms with E-state index in [9.17, 15) is 0 Å². The van der Waals surface area contributed by atoms with Crippen LogP contribution in [0.3, 0.4) is 0 Å². The average Bonchev–Trinajstić information content (AvgIpc) is 3.10. The van der Waals surface area contributed by atoms with Crippen LogP contribution < -0.4 is 0 Å². The van der Waals surface area contributed by atoms with Gasteiger partial charge in [0.25, 0.3) is 0 Å². The molecule has 1 aliphatic rings. The summed E-state index contributed by atoms with van der Waals surface area (Å²) in [5.41, 5.74) is 8.46. The van der Waals surface area contributed by atoms with Gasteiger partial charge in [0.2, 0.25) is 0 Å². The molecule has 2 aromatic rings. The van der Waals surface area contributed by atoms with Crippen LogP contribution in [0.2, 0.25) is 0 Å². The second kappa shape index (κ2) is 21.3. The van der Waals surface area contributed by atoms with Gasteiger partial charge in [0.15, 0.2) is 0 Å². The van der Waals surface area contributed by atoms with E-state index in [1.54, 1.807) is 0 Å². The molecule has 296 valence electrons. The second-order valence-corrected chi connectivity index (χ2v) is 18.0. The molecule has 0 saturated carbocycles. The maximum Gasteiger partial charge on any atom is 0.0245 e. The van der Waals surface area contributed by atoms with Gasteiger partial charge in [-0.25, -0.2) is 0 Å². The van der Waals surface area contributed by atoms with Gasteiger partial charge in [-0.1, -0.05) is 107 Å². The number of likely N-dealkylation sites (N-methyl/N-ethyl adjacent to an activating group) is 6. The summed E-state index contributed by atoms with van der Waals surface area (Å²) in [5, 5.41) is 0. The van der Waals surface area contributed by atoms with Crippen molar-refractivity contribution in [1.29, 1.82) is 0 Å². The maximum absolute atomic E-state index is 5.26. The Morgan fingerprint density at radius 2 is 0.577 bits per heavy atom. The summed E-state index contributed by atoms with van der Waals surface area (Å²) in [4.78, 5) is 18.1. The fourth-order valence-corrected chi connectivity index (χ4v) is 7.76. The molecule has 0 fully saturated rings. The van der Waals surface area contributed by atoms with Gasteiger partial charge in [-0.2, -0.15) is 0 Å². The molecule has 52 heavy (non-hydrogen) atoms. The molecule has 1 aliphatic heterocycles. The molecule has 0 amide bonds. The highest BCUT2D eigenvalue weighted by Gasteiger charge is 2.23. The monoisotopic (exact) mass is 755 g/mol. The first-order chi connectivity index (χ1) is 24.6. The maximum atomic E-state index is 5.26. The van der Waals surface area contributed by atoms with Gasteiger partial charge in [-0.15, -0.1) is 25.3 Å². The van der Waals surface area contributed by atoms with E-state index < -0.39 is 0 Å². The molecule has 4 bridgehead atoms. The molecule has 1 heterocycles. The summed E-state index contributed by atoms with van der Waals surface area (Å²) in [6.45, 7) is 46.4. The van der Waals surface area contributed by atoms with Crippen LogP contribution in [0.5, 0.6) is 0 Å². The van der Waals surface area contributed by atoms with Crippen molar-refractivity contribution in [3.05, 3.63) is 57.6 Å². The van der Waals surface area contributed by atoms with Crippen LogP contribution in [0.4, 0.5) is 0 Å². The third kappa shape index (κ3) is 13.6. The first-order valence-corrected chi connectivity index (χ1v) is 21.5. The topological polar surface area (TPSA) is 19.4 Å². The van der Waals surface area contributed by atoms with E-state index in [-0.39, 0.29) is 10.8 Å². The lowest BCUT2D eigenvalue weighted by molar-refractivity contribution is 0.176. The Morgan fingerprint density at radius 3 is 0.750 bits per heavy atom. The molecule has 2 aromatic carbocycles. The minimum absolute atomic E-state index is 0.0817. The van der Waals surface area contributed by atoms with Crippen molar-refractivity contribution >= 4 is 25.3 Å². The molecule has 8 heteroatoms. The van der Waals surface area contributed by atoms with Gasteiger partial charge in [0.05, 0.1) is 0 Å². The highest BCUT2D eigenvalue weighted by Crippen LogP contribution is 2.32. The third-order valence-corrected chi connectivity index (χ3v) is 12.6. The largest absolute Gasteiger partial charge is 0.301 e. The van der Waals surface area contributed by atoms with Crippen LogP contribution in [-0.2, 0) is 37.0 Å². The predicted octanol–water partition coefficient (Wildman–Crippen LogP) is 8.50. The van der Waals surface area contributed by atoms with Gasteiger partial charge in [0.1, 0.15) is 0 Å². The van der Waals surface area contributed by atoms with Crippen molar-refractivity contribution < 1.29 is 0 Å². The molecular weight excluding hydrogens is 677 g/mol. The molecule has 0 N–H and O–H groups in total. The fourth-order valence-electron chi connectivity index (χ4n) is 7.22. The van der Waals surface area contributed by atoms with Crippen LogP contribution >= 0.6 is 25.3 Å². The number of fused-ring (bicyclic) bond motifs is 4. The highest BCUT2D eigenvalue weighted by molar-refractivity contribution is 7.80. The van der Waals surface area contributed by atoms with Crippen LogP contribution in [-0.4, -0.2) is 121 Å². The van der Waals surface area contributed by atoms with Crippen molar-refractivity contribution in [3.8, 4) is 0 Å². The number of thiol groups is 2. The molecule has 0 spiro atoms. The molecule has 3 rings (SSSR count). The Hall–Kier alpha value is -1.10. The molecule has 0 saturated heterocycles. The summed E-state index contributed by atoms with van der Waals surface area (Å²) in [6.07, 6.45) is 0. The van der Waals surface area contributed by atoms with Gasteiger partial charge < -0.3 is 9.80 Å². The Labute approximate surface area is 332 Å². The number of nitrogens with zero attached hydrogens (tertiary/aromatic N) is 6. The Balaban J connectivity index is 2.01. The third-order valence-electron chi connectivity index (χ3n) is 11.5. The van der Waals surface area contributed by atoms with Gasteiger partial charge >= 0.3 is 0 Å². The summed E-state index contributed by atoms with van der Waals surface area (Å²) in [6, 6.07) is 9.78. The van der Waals surface area contributed by atoms with E-state index in [2.05, 4.69) is 137 Å². The van der Waals surface area contributed by atoms with Crippen molar-refractivity contribution in [1.82, 2.24) is 29.4 Å². The van der Waals surface area contributed by atoms with Gasteiger partial charge in [-0.3, -0.25) is 19.6 Å². The van der Waals surface area contributed by atoms with Crippen molar-refractivity contribution in [2.24, 2.45) is 0 Å². The summed E-state index contributed by atoms with van der Waals surface area (Å²) in [5.74, 6) is 0. The normalized spacial score (nSPS) is 19.2. The molecular formula is C44H78N6S2. The zero-order chi connectivity index (χ0) is 38.6. The van der Waals surface area contributed by atoms with Crippen LogP contribution in [0.15, 0.2) is 34.1 Å². The first kappa shape index (κ1) is 45.3. The van der Waals surface area contributed by atoms with Crippen molar-refractivity contribution in [2.75, 3.05) is 91.6 Å². The molecule has 0 aromatic heterocycles. The molecule has 0 radical (unpaired) electrons. The van der Waals surface area contributed by atoms with Gasteiger partial charge in [0, 0.05) is 88.3 Å². The van der Waals surface area contributed by atoms with E-state index in [4.69, 9.17) is 25.3 Å². The van der Waals surface area contributed by atoms with Crippen LogP contribution in [0, 0.1) is 0 Å². The summed E-state index contributed by atoms with van der Waals surface area (Å²) >= 11 is 10.5. The van der Waals surface area contributed by atoms with Crippen LogP contribution in [0.25, 0.3) is 0 Å². The molecule has 0 atom stereocenters. The Kier molecular flexibility index (Phi) is 18.5. The predicted molar refractivity (Wildman–Crippen MR) is 233 cm³/mol. The fraction of sp³-hybridized carbons (Fsp3) is 0.727. The molecule has 6 nitrogen and oxygen atoms in total. The number of rotatable bonds is 6. The van der Waals surface area contributed by atoms with Crippen LogP contribution in [0.1, 0.15) is 116 Å². The zero-order valence-corrected chi connectivity index (χ0v) is 37.4. The summed E-state index contributed by atoms with van der Waals surface area (Å²) < 4.78 is 0. The quantitative estimate of drug-likeness (QED) is 0.287. The number of benzene rings is 2. The SMILES string of the molecule is CCN1CCN(CC)Cc2cc(C(C)(C)C)cc(c2S)CN(CC)CCN(CC)CCN(CC)Cc2cc(C(C)(C)C)cc(c2S)CN(CC)CC1. The highest BCUT2D eigenvalue weighted by atomic mass is 32.1. The molecule has 0 unspecified atom stereocenters. The van der Waals surface area contributed by atoms with E-state index in [0.29, 0.717) is 0 Å². The van der Waals surface area contributed by atoms with E-state index in [0.717, 1.165) is 118 Å². The Bertz CT molecular complexity index is 1180. The number of hydrogen-bond acceptors (Lipinski definition) is 8. The van der Waals surface area contributed by atoms with Crippen molar-refractivity contribution in [2.45, 2.75) is 130 Å². The lowest BCUT2D eigenvalue weighted by atomic mass is 9.84. The smallest absolute Gasteiger partial charge is 0.0245 e. The lowest BCUT2D eigenvalue weighted by Crippen LogP contribution is -2.40. The average molecular weight is 755 g/mol. The van der Waals surface area contributed by atoms with Crippen molar-refractivity contribution in [3.63, 3.8) is 0 Å².